The first-order chi connectivity index (χ1) is 27.3. The molecule has 0 saturated carbocycles. The molecule has 258 valence electrons. The molecule has 1 nitrogen and oxygen atoms in total. The van der Waals surface area contributed by atoms with Gasteiger partial charge in [0.15, 0.2) is 0 Å². The monoisotopic (exact) mass is 699 g/mol. The lowest BCUT2D eigenvalue weighted by Gasteiger charge is -2.27. The Morgan fingerprint density at radius 2 is 0.709 bits per heavy atom. The number of hydrogen-bond acceptors (Lipinski definition) is 1. The zero-order chi connectivity index (χ0) is 36.6. The van der Waals surface area contributed by atoms with Gasteiger partial charge in [-0.25, -0.2) is 0 Å². The highest BCUT2D eigenvalue weighted by Gasteiger charge is 2.17. The summed E-state index contributed by atoms with van der Waals surface area (Å²) in [7, 11) is 0. The van der Waals surface area contributed by atoms with Crippen LogP contribution < -0.4 is 4.90 Å². The van der Waals surface area contributed by atoms with Gasteiger partial charge in [-0.15, -0.1) is 0 Å². The van der Waals surface area contributed by atoms with Crippen molar-refractivity contribution in [3.63, 3.8) is 0 Å². The maximum atomic E-state index is 2.40. The molecule has 0 amide bonds. The van der Waals surface area contributed by atoms with Crippen molar-refractivity contribution in [1.82, 2.24) is 0 Å². The van der Waals surface area contributed by atoms with Crippen LogP contribution in [0.15, 0.2) is 224 Å². The van der Waals surface area contributed by atoms with Gasteiger partial charge in [0.1, 0.15) is 0 Å². The van der Waals surface area contributed by atoms with E-state index in [1.807, 2.05) is 0 Å². The molecule has 0 bridgehead atoms. The van der Waals surface area contributed by atoms with Gasteiger partial charge in [0.2, 0.25) is 0 Å². The van der Waals surface area contributed by atoms with E-state index in [0.717, 1.165) is 17.1 Å². The topological polar surface area (TPSA) is 3.24 Å². The molecule has 0 aromatic heterocycles. The highest BCUT2D eigenvalue weighted by atomic mass is 15.1. The van der Waals surface area contributed by atoms with E-state index in [1.165, 1.54) is 76.8 Å². The maximum absolute atomic E-state index is 2.40. The van der Waals surface area contributed by atoms with Crippen molar-refractivity contribution in [1.29, 1.82) is 0 Å². The second-order valence-electron chi connectivity index (χ2n) is 14.1. The average Bonchev–Trinajstić information content (AvgIpc) is 3.27. The minimum absolute atomic E-state index is 1.10. The fourth-order valence-electron chi connectivity index (χ4n) is 8.10. The third kappa shape index (κ3) is 6.12. The van der Waals surface area contributed by atoms with Crippen molar-refractivity contribution in [2.45, 2.75) is 0 Å². The van der Waals surface area contributed by atoms with Crippen LogP contribution in [0.1, 0.15) is 0 Å². The van der Waals surface area contributed by atoms with Crippen molar-refractivity contribution in [3.8, 4) is 44.5 Å². The largest absolute Gasteiger partial charge is 0.310 e. The zero-order valence-corrected chi connectivity index (χ0v) is 30.3. The Morgan fingerprint density at radius 1 is 0.255 bits per heavy atom. The molecule has 0 unspecified atom stereocenters. The molecule has 0 spiro atoms. The van der Waals surface area contributed by atoms with Gasteiger partial charge in [-0.3, -0.25) is 0 Å². The van der Waals surface area contributed by atoms with Crippen LogP contribution in [-0.2, 0) is 0 Å². The van der Waals surface area contributed by atoms with Crippen molar-refractivity contribution in [2.75, 3.05) is 4.90 Å². The molecule has 0 aliphatic rings. The van der Waals surface area contributed by atoms with Crippen LogP contribution in [0.25, 0.3) is 76.8 Å². The molecule has 10 aromatic carbocycles. The average molecular weight is 700 g/mol. The van der Waals surface area contributed by atoms with E-state index in [9.17, 15) is 0 Å². The number of fused-ring (bicyclic) bond motifs is 3. The number of rotatable bonds is 7. The molecule has 0 saturated heterocycles. The predicted molar refractivity (Wildman–Crippen MR) is 235 cm³/mol. The van der Waals surface area contributed by atoms with E-state index in [-0.39, 0.29) is 0 Å². The lowest BCUT2D eigenvalue weighted by molar-refractivity contribution is 1.30. The summed E-state index contributed by atoms with van der Waals surface area (Å²) < 4.78 is 0. The van der Waals surface area contributed by atoms with E-state index in [1.54, 1.807) is 0 Å². The second-order valence-corrected chi connectivity index (χ2v) is 14.1. The molecule has 0 radical (unpaired) electrons. The lowest BCUT2D eigenvalue weighted by atomic mass is 9.91. The number of nitrogens with zero attached hydrogens (tertiary/aromatic N) is 1. The Bertz CT molecular complexity index is 2940. The first-order valence-corrected chi connectivity index (χ1v) is 18.9. The van der Waals surface area contributed by atoms with E-state index >= 15 is 0 Å². The summed E-state index contributed by atoms with van der Waals surface area (Å²) in [6.07, 6.45) is 0. The van der Waals surface area contributed by atoms with E-state index in [4.69, 9.17) is 0 Å². The Kier molecular flexibility index (Phi) is 8.24. The van der Waals surface area contributed by atoms with Crippen LogP contribution in [0.5, 0.6) is 0 Å². The SMILES string of the molecule is c1ccc(-c2ccc(N(c3ccc(-c4cccc5cccc(-c6ccccc6)c45)cc3)c3cccc4cc(-c5ccc6ccccc6c5)ccc34)cc2)cc1. The summed E-state index contributed by atoms with van der Waals surface area (Å²) in [5.41, 5.74) is 13.1. The van der Waals surface area contributed by atoms with Crippen molar-refractivity contribution < 1.29 is 0 Å². The molecule has 10 rings (SSSR count). The van der Waals surface area contributed by atoms with Crippen LogP contribution in [0.4, 0.5) is 17.1 Å². The molecular weight excluding hydrogens is 663 g/mol. The van der Waals surface area contributed by atoms with Gasteiger partial charge in [-0.1, -0.05) is 182 Å². The van der Waals surface area contributed by atoms with Gasteiger partial charge < -0.3 is 4.90 Å². The summed E-state index contributed by atoms with van der Waals surface area (Å²) in [4.78, 5) is 2.40. The fraction of sp³-hybridized carbons (Fsp3) is 0. The highest BCUT2D eigenvalue weighted by Crippen LogP contribution is 2.42. The van der Waals surface area contributed by atoms with Gasteiger partial charge in [0, 0.05) is 16.8 Å². The quantitative estimate of drug-likeness (QED) is 0.160. The summed E-state index contributed by atoms with van der Waals surface area (Å²) in [5.74, 6) is 0. The molecule has 0 heterocycles. The Morgan fingerprint density at radius 3 is 1.38 bits per heavy atom. The molecule has 0 fully saturated rings. The molecule has 1 heteroatoms. The number of benzene rings is 10. The third-order valence-corrected chi connectivity index (χ3v) is 10.8. The standard InChI is InChI=1S/C54H37N/c1-3-12-38(13-4-1)40-26-31-48(32-27-40)55(53-23-11-20-47-37-46(30-35-50(47)53)45-25-24-39-14-7-8-17-44(39)36-45)49-33-28-42(29-34-49)52-22-10-19-43-18-9-21-51(54(43)52)41-15-5-2-6-16-41/h1-37H. The van der Waals surface area contributed by atoms with Crippen LogP contribution in [0, 0.1) is 0 Å². The van der Waals surface area contributed by atoms with Crippen molar-refractivity contribution in [2.24, 2.45) is 0 Å². The maximum Gasteiger partial charge on any atom is 0.0540 e. The van der Waals surface area contributed by atoms with Crippen LogP contribution in [-0.4, -0.2) is 0 Å². The zero-order valence-electron chi connectivity index (χ0n) is 30.3. The Labute approximate surface area is 322 Å². The van der Waals surface area contributed by atoms with Crippen molar-refractivity contribution in [3.05, 3.63) is 224 Å². The number of hydrogen-bond donors (Lipinski definition) is 0. The first-order valence-electron chi connectivity index (χ1n) is 18.9. The van der Waals surface area contributed by atoms with Crippen LogP contribution in [0.2, 0.25) is 0 Å². The third-order valence-electron chi connectivity index (χ3n) is 10.8. The summed E-state index contributed by atoms with van der Waals surface area (Å²) >= 11 is 0. The fourth-order valence-corrected chi connectivity index (χ4v) is 8.10. The number of anilines is 3. The minimum Gasteiger partial charge on any atom is -0.310 e. The smallest absolute Gasteiger partial charge is 0.0540 e. The summed E-state index contributed by atoms with van der Waals surface area (Å²) in [6.45, 7) is 0. The van der Waals surface area contributed by atoms with E-state index < -0.39 is 0 Å². The first kappa shape index (κ1) is 32.4. The molecule has 0 N–H and O–H groups in total. The Hall–Kier alpha value is -7.22. The van der Waals surface area contributed by atoms with Gasteiger partial charge in [-0.2, -0.15) is 0 Å². The minimum atomic E-state index is 1.10. The Balaban J connectivity index is 1.09. The molecule has 0 aliphatic heterocycles. The summed E-state index contributed by atoms with van der Waals surface area (Å²) in [5, 5.41) is 7.42. The molecule has 0 aliphatic carbocycles. The normalized spacial score (nSPS) is 11.3. The second kappa shape index (κ2) is 14.0. The van der Waals surface area contributed by atoms with Gasteiger partial charge in [-0.05, 0) is 114 Å². The lowest BCUT2D eigenvalue weighted by Crippen LogP contribution is -2.10. The van der Waals surface area contributed by atoms with E-state index in [0.29, 0.717) is 0 Å². The van der Waals surface area contributed by atoms with Gasteiger partial charge in [0.25, 0.3) is 0 Å². The van der Waals surface area contributed by atoms with Crippen LogP contribution >= 0.6 is 0 Å². The molecular formula is C54H37N. The highest BCUT2D eigenvalue weighted by molar-refractivity contribution is 6.07. The van der Waals surface area contributed by atoms with Gasteiger partial charge >= 0.3 is 0 Å². The van der Waals surface area contributed by atoms with Crippen molar-refractivity contribution >= 4 is 49.4 Å². The van der Waals surface area contributed by atoms with Crippen LogP contribution in [0.3, 0.4) is 0 Å². The molecule has 10 aromatic rings. The molecule has 55 heavy (non-hydrogen) atoms. The molecule has 0 atom stereocenters. The van der Waals surface area contributed by atoms with Gasteiger partial charge in [0.05, 0.1) is 5.69 Å². The predicted octanol–water partition coefficient (Wildman–Crippen LogP) is 15.3. The summed E-state index contributed by atoms with van der Waals surface area (Å²) in [6, 6.07) is 81.4. The van der Waals surface area contributed by atoms with E-state index in [2.05, 4.69) is 229 Å².